The van der Waals surface area contributed by atoms with E-state index in [1.54, 1.807) is 17.7 Å². The Morgan fingerprint density at radius 1 is 1.23 bits per heavy atom. The van der Waals surface area contributed by atoms with E-state index in [1.165, 1.54) is 17.4 Å². The minimum Gasteiger partial charge on any atom is -0.497 e. The van der Waals surface area contributed by atoms with Crippen LogP contribution in [0.1, 0.15) is 40.9 Å². The van der Waals surface area contributed by atoms with Crippen molar-refractivity contribution >= 4 is 27.5 Å². The van der Waals surface area contributed by atoms with Crippen LogP contribution in [0.5, 0.6) is 5.75 Å². The number of furan rings is 1. The maximum Gasteiger partial charge on any atom is 0.371 e. The number of benzene rings is 1. The lowest BCUT2D eigenvalue weighted by atomic mass is 10.0. The first-order valence-corrected chi connectivity index (χ1v) is 10.8. The van der Waals surface area contributed by atoms with Crippen molar-refractivity contribution in [2.75, 3.05) is 7.11 Å². The summed E-state index contributed by atoms with van der Waals surface area (Å²) in [6.07, 6.45) is 1.33. The molecule has 0 unspecified atom stereocenters. The van der Waals surface area contributed by atoms with Crippen molar-refractivity contribution in [1.29, 1.82) is 0 Å². The zero-order valence-corrected chi connectivity index (χ0v) is 18.3. The van der Waals surface area contributed by atoms with Crippen molar-refractivity contribution in [3.8, 4) is 16.9 Å². The number of aryl methyl sites for hydroxylation is 2. The summed E-state index contributed by atoms with van der Waals surface area (Å²) in [6, 6.07) is 10.6. The van der Waals surface area contributed by atoms with Gasteiger partial charge in [-0.25, -0.2) is 9.78 Å². The van der Waals surface area contributed by atoms with Gasteiger partial charge in [-0.2, -0.15) is 0 Å². The standard InChI is InChI=1S/C23H22N2O5S/c1-4-17-19(13-7-6-8-14(11-13)29-3)20-21(31-17)24-18(5-2)25(22(20)26)12-15-9-10-16(30-15)23(27)28/h6-11H,4-5,12H2,1-3H3,(H,27,28). The first-order chi connectivity index (χ1) is 15.0. The molecule has 0 saturated carbocycles. The molecule has 1 N–H and O–H groups in total. The summed E-state index contributed by atoms with van der Waals surface area (Å²) in [5.74, 6) is 0.440. The molecule has 0 fully saturated rings. The van der Waals surface area contributed by atoms with E-state index in [0.717, 1.165) is 22.4 Å². The van der Waals surface area contributed by atoms with Gasteiger partial charge in [-0.3, -0.25) is 9.36 Å². The van der Waals surface area contributed by atoms with E-state index in [4.69, 9.17) is 19.2 Å². The van der Waals surface area contributed by atoms with Crippen LogP contribution >= 0.6 is 11.3 Å². The number of carbonyl (C=O) groups is 1. The maximum atomic E-state index is 13.7. The van der Waals surface area contributed by atoms with E-state index in [9.17, 15) is 9.59 Å². The molecule has 0 aliphatic rings. The van der Waals surface area contributed by atoms with Gasteiger partial charge in [-0.05, 0) is 36.2 Å². The molecule has 7 nitrogen and oxygen atoms in total. The average molecular weight is 439 g/mol. The zero-order chi connectivity index (χ0) is 22.1. The maximum absolute atomic E-state index is 13.7. The van der Waals surface area contributed by atoms with E-state index >= 15 is 0 Å². The molecule has 31 heavy (non-hydrogen) atoms. The highest BCUT2D eigenvalue weighted by Gasteiger charge is 2.21. The molecule has 0 amide bonds. The number of nitrogens with zero attached hydrogens (tertiary/aromatic N) is 2. The van der Waals surface area contributed by atoms with Gasteiger partial charge in [0.05, 0.1) is 19.0 Å². The summed E-state index contributed by atoms with van der Waals surface area (Å²) in [5.41, 5.74) is 1.62. The lowest BCUT2D eigenvalue weighted by molar-refractivity contribution is 0.0660. The largest absolute Gasteiger partial charge is 0.497 e. The van der Waals surface area contributed by atoms with Gasteiger partial charge in [0, 0.05) is 16.9 Å². The monoisotopic (exact) mass is 438 g/mol. The van der Waals surface area contributed by atoms with E-state index in [1.807, 2.05) is 31.2 Å². The molecule has 0 atom stereocenters. The van der Waals surface area contributed by atoms with Crippen LogP contribution in [0.2, 0.25) is 0 Å². The Kier molecular flexibility index (Phi) is 5.65. The van der Waals surface area contributed by atoms with E-state index in [0.29, 0.717) is 34.0 Å². The molecule has 0 aliphatic carbocycles. The lowest BCUT2D eigenvalue weighted by Crippen LogP contribution is -2.25. The number of methoxy groups -OCH3 is 1. The van der Waals surface area contributed by atoms with Crippen molar-refractivity contribution < 1.29 is 19.1 Å². The Hall–Kier alpha value is -3.39. The fraction of sp³-hybridized carbons (Fsp3) is 0.261. The molecular weight excluding hydrogens is 416 g/mol. The number of thiophene rings is 1. The third kappa shape index (κ3) is 3.74. The van der Waals surface area contributed by atoms with E-state index < -0.39 is 5.97 Å². The van der Waals surface area contributed by atoms with Gasteiger partial charge >= 0.3 is 5.97 Å². The summed E-state index contributed by atoms with van der Waals surface area (Å²) in [4.78, 5) is 31.4. The number of carboxylic acids is 1. The molecule has 0 saturated heterocycles. The normalized spacial score (nSPS) is 11.2. The van der Waals surface area contributed by atoms with Crippen molar-refractivity contribution in [3.05, 3.63) is 69.0 Å². The Balaban J connectivity index is 1.94. The Morgan fingerprint density at radius 3 is 2.68 bits per heavy atom. The highest BCUT2D eigenvalue weighted by Crippen LogP contribution is 2.38. The first-order valence-electron chi connectivity index (χ1n) is 9.98. The number of hydrogen-bond donors (Lipinski definition) is 1. The number of fused-ring (bicyclic) bond motifs is 1. The number of carboxylic acid groups (broad SMARTS) is 1. The Labute approximate surface area is 182 Å². The van der Waals surface area contributed by atoms with Crippen LogP contribution in [0.3, 0.4) is 0 Å². The van der Waals surface area contributed by atoms with Crippen molar-refractivity contribution in [3.63, 3.8) is 0 Å². The molecular formula is C23H22N2O5S. The van der Waals surface area contributed by atoms with Crippen molar-refractivity contribution in [2.24, 2.45) is 0 Å². The molecule has 4 rings (SSSR count). The topological polar surface area (TPSA) is 94.6 Å². The van der Waals surface area contributed by atoms with Crippen LogP contribution < -0.4 is 10.3 Å². The SMILES string of the molecule is CCc1sc2nc(CC)n(Cc3ccc(C(=O)O)o3)c(=O)c2c1-c1cccc(OC)c1. The average Bonchev–Trinajstić information content (AvgIpc) is 3.40. The van der Waals surface area contributed by atoms with Crippen LogP contribution in [0.25, 0.3) is 21.3 Å². The Morgan fingerprint density at radius 2 is 2.03 bits per heavy atom. The second kappa shape index (κ2) is 8.39. The van der Waals surface area contributed by atoms with Crippen LogP contribution in [-0.2, 0) is 19.4 Å². The zero-order valence-electron chi connectivity index (χ0n) is 17.5. The Bertz CT molecular complexity index is 1330. The van der Waals surface area contributed by atoms with Gasteiger partial charge in [0.15, 0.2) is 0 Å². The number of aromatic nitrogens is 2. The predicted molar refractivity (Wildman–Crippen MR) is 119 cm³/mol. The third-order valence-corrected chi connectivity index (χ3v) is 6.37. The third-order valence-electron chi connectivity index (χ3n) is 5.15. The second-order valence-electron chi connectivity index (χ2n) is 7.01. The van der Waals surface area contributed by atoms with Crippen LogP contribution in [0.15, 0.2) is 45.6 Å². The fourth-order valence-electron chi connectivity index (χ4n) is 3.67. The van der Waals surface area contributed by atoms with Crippen LogP contribution in [-0.4, -0.2) is 27.7 Å². The second-order valence-corrected chi connectivity index (χ2v) is 8.09. The molecule has 1 aromatic carbocycles. The van der Waals surface area contributed by atoms with E-state index in [-0.39, 0.29) is 17.9 Å². The quantitative estimate of drug-likeness (QED) is 0.453. The first kappa shape index (κ1) is 20.9. The number of hydrogen-bond acceptors (Lipinski definition) is 6. The minimum atomic E-state index is -1.14. The minimum absolute atomic E-state index is 0.118. The molecule has 3 aromatic heterocycles. The van der Waals surface area contributed by atoms with Gasteiger partial charge in [0.1, 0.15) is 22.2 Å². The molecule has 0 bridgehead atoms. The van der Waals surface area contributed by atoms with Gasteiger partial charge in [0.2, 0.25) is 5.76 Å². The molecule has 0 spiro atoms. The summed E-state index contributed by atoms with van der Waals surface area (Å²) < 4.78 is 12.3. The highest BCUT2D eigenvalue weighted by atomic mass is 32.1. The molecule has 0 radical (unpaired) electrons. The summed E-state index contributed by atoms with van der Waals surface area (Å²) in [7, 11) is 1.61. The molecule has 3 heterocycles. The fourth-order valence-corrected chi connectivity index (χ4v) is 4.81. The summed E-state index contributed by atoms with van der Waals surface area (Å²) >= 11 is 1.53. The predicted octanol–water partition coefficient (Wildman–Crippen LogP) is 4.60. The van der Waals surface area contributed by atoms with Gasteiger partial charge in [0.25, 0.3) is 5.56 Å². The number of aromatic carboxylic acids is 1. The highest BCUT2D eigenvalue weighted by molar-refractivity contribution is 7.19. The molecule has 4 aromatic rings. The number of rotatable bonds is 7. The van der Waals surface area contributed by atoms with Gasteiger partial charge in [-0.15, -0.1) is 11.3 Å². The van der Waals surface area contributed by atoms with Crippen molar-refractivity contribution in [2.45, 2.75) is 33.2 Å². The van der Waals surface area contributed by atoms with Crippen molar-refractivity contribution in [1.82, 2.24) is 9.55 Å². The van der Waals surface area contributed by atoms with Crippen LogP contribution in [0, 0.1) is 0 Å². The van der Waals surface area contributed by atoms with Gasteiger partial charge in [-0.1, -0.05) is 26.0 Å². The van der Waals surface area contributed by atoms with E-state index in [2.05, 4.69) is 6.92 Å². The number of ether oxygens (including phenoxy) is 1. The smallest absolute Gasteiger partial charge is 0.371 e. The summed E-state index contributed by atoms with van der Waals surface area (Å²) in [6.45, 7) is 4.11. The molecule has 8 heteroatoms. The molecule has 160 valence electrons. The lowest BCUT2D eigenvalue weighted by Gasteiger charge is -2.11. The summed E-state index contributed by atoms with van der Waals surface area (Å²) in [5, 5.41) is 9.68. The van der Waals surface area contributed by atoms with Crippen LogP contribution in [0.4, 0.5) is 0 Å². The van der Waals surface area contributed by atoms with Gasteiger partial charge < -0.3 is 14.3 Å². The molecule has 0 aliphatic heterocycles.